The van der Waals surface area contributed by atoms with Crippen molar-refractivity contribution in [1.29, 1.82) is 0 Å². The SMILES string of the molecule is CC(=O)N1c2ccccc2NC2=C(C(=O)CC(c3cccs3)C2)C1c1ccc(F)cc1. The highest BCUT2D eigenvalue weighted by atomic mass is 32.1. The molecule has 2 heterocycles. The Kier molecular flexibility index (Phi) is 4.94. The number of allylic oxidation sites excluding steroid dienone is 1. The molecule has 1 N–H and O–H groups in total. The van der Waals surface area contributed by atoms with Gasteiger partial charge in [-0.05, 0) is 47.7 Å². The molecule has 31 heavy (non-hydrogen) atoms. The molecule has 0 saturated carbocycles. The molecule has 0 saturated heterocycles. The zero-order valence-corrected chi connectivity index (χ0v) is 17.8. The van der Waals surface area contributed by atoms with Crippen LogP contribution in [0.1, 0.15) is 42.2 Å². The molecule has 1 aromatic heterocycles. The van der Waals surface area contributed by atoms with Crippen LogP contribution in [0.4, 0.5) is 15.8 Å². The van der Waals surface area contributed by atoms with E-state index in [1.54, 1.807) is 28.4 Å². The van der Waals surface area contributed by atoms with Crippen LogP contribution < -0.4 is 10.2 Å². The van der Waals surface area contributed by atoms with E-state index in [-0.39, 0.29) is 23.4 Å². The third-order valence-electron chi connectivity index (χ3n) is 5.96. The van der Waals surface area contributed by atoms with E-state index >= 15 is 0 Å². The van der Waals surface area contributed by atoms with Crippen LogP contribution in [0, 0.1) is 5.82 Å². The van der Waals surface area contributed by atoms with Crippen molar-refractivity contribution in [3.63, 3.8) is 0 Å². The summed E-state index contributed by atoms with van der Waals surface area (Å²) in [6.45, 7) is 1.50. The average molecular weight is 433 g/mol. The summed E-state index contributed by atoms with van der Waals surface area (Å²) in [6, 6.07) is 17.1. The van der Waals surface area contributed by atoms with Crippen LogP contribution in [-0.2, 0) is 9.59 Å². The summed E-state index contributed by atoms with van der Waals surface area (Å²) < 4.78 is 13.7. The van der Waals surface area contributed by atoms with Gasteiger partial charge in [-0.3, -0.25) is 14.5 Å². The molecule has 3 aromatic rings. The number of Topliss-reactive ketones (excluding diaryl/α,β-unsaturated/α-hetero) is 1. The van der Waals surface area contributed by atoms with Gasteiger partial charge in [0.05, 0.1) is 17.4 Å². The molecule has 4 nitrogen and oxygen atoms in total. The van der Waals surface area contributed by atoms with E-state index in [4.69, 9.17) is 0 Å². The van der Waals surface area contributed by atoms with Crippen LogP contribution in [0.5, 0.6) is 0 Å². The van der Waals surface area contributed by atoms with Gasteiger partial charge in [-0.2, -0.15) is 0 Å². The number of ketones is 1. The Morgan fingerprint density at radius 2 is 1.84 bits per heavy atom. The number of nitrogens with zero attached hydrogens (tertiary/aromatic N) is 1. The Bertz CT molecular complexity index is 1180. The number of para-hydroxylation sites is 2. The highest BCUT2D eigenvalue weighted by molar-refractivity contribution is 7.10. The molecular formula is C25H21FN2O2S. The van der Waals surface area contributed by atoms with Crippen LogP contribution in [0.2, 0.25) is 0 Å². The monoisotopic (exact) mass is 432 g/mol. The van der Waals surface area contributed by atoms with Crippen LogP contribution in [0.3, 0.4) is 0 Å². The third-order valence-corrected chi connectivity index (χ3v) is 6.99. The number of rotatable bonds is 2. The molecule has 5 rings (SSSR count). The number of hydrogen-bond acceptors (Lipinski definition) is 4. The van der Waals surface area contributed by atoms with Crippen molar-refractivity contribution in [3.8, 4) is 0 Å². The first-order valence-corrected chi connectivity index (χ1v) is 11.1. The van der Waals surface area contributed by atoms with Gasteiger partial charge in [0.1, 0.15) is 5.82 Å². The number of carbonyl (C=O) groups is 2. The van der Waals surface area contributed by atoms with Crippen LogP contribution >= 0.6 is 11.3 Å². The van der Waals surface area contributed by atoms with Crippen molar-refractivity contribution in [1.82, 2.24) is 0 Å². The first kappa shape index (κ1) is 19.7. The number of carbonyl (C=O) groups excluding carboxylic acids is 2. The van der Waals surface area contributed by atoms with E-state index in [1.807, 2.05) is 35.7 Å². The largest absolute Gasteiger partial charge is 0.357 e. The normalized spacial score (nSPS) is 20.6. The third kappa shape index (κ3) is 3.47. The number of anilines is 2. The highest BCUT2D eigenvalue weighted by Crippen LogP contribution is 2.47. The van der Waals surface area contributed by atoms with E-state index in [9.17, 15) is 14.0 Å². The van der Waals surface area contributed by atoms with Crippen molar-refractivity contribution in [2.75, 3.05) is 10.2 Å². The maximum absolute atomic E-state index is 13.7. The zero-order chi connectivity index (χ0) is 21.5. The van der Waals surface area contributed by atoms with E-state index in [1.165, 1.54) is 23.9 Å². The zero-order valence-electron chi connectivity index (χ0n) is 17.0. The highest BCUT2D eigenvalue weighted by Gasteiger charge is 2.40. The van der Waals surface area contributed by atoms with Crippen molar-refractivity contribution in [2.45, 2.75) is 31.7 Å². The van der Waals surface area contributed by atoms with Crippen molar-refractivity contribution in [2.24, 2.45) is 0 Å². The Labute approximate surface area is 184 Å². The number of halogens is 1. The Morgan fingerprint density at radius 3 is 2.55 bits per heavy atom. The van der Waals surface area contributed by atoms with Gasteiger partial charge in [0.25, 0.3) is 0 Å². The van der Waals surface area contributed by atoms with Gasteiger partial charge in [0, 0.05) is 35.4 Å². The Balaban J connectivity index is 1.72. The minimum absolute atomic E-state index is 0.0144. The molecule has 156 valence electrons. The smallest absolute Gasteiger partial charge is 0.224 e. The average Bonchev–Trinajstić information content (AvgIpc) is 3.24. The summed E-state index contributed by atoms with van der Waals surface area (Å²) in [5.41, 5.74) is 3.63. The number of nitrogens with one attached hydrogen (secondary N) is 1. The van der Waals surface area contributed by atoms with E-state index in [0.717, 1.165) is 11.4 Å². The molecule has 1 amide bonds. The fourth-order valence-corrected chi connectivity index (χ4v) is 5.45. The van der Waals surface area contributed by atoms with Gasteiger partial charge < -0.3 is 5.32 Å². The quantitative estimate of drug-likeness (QED) is 0.556. The molecule has 0 fully saturated rings. The number of fused-ring (bicyclic) bond motifs is 1. The van der Waals surface area contributed by atoms with Gasteiger partial charge in [0.2, 0.25) is 5.91 Å². The van der Waals surface area contributed by atoms with E-state index in [2.05, 4.69) is 11.4 Å². The second-order valence-electron chi connectivity index (χ2n) is 7.92. The molecule has 0 bridgehead atoms. The van der Waals surface area contributed by atoms with Crippen molar-refractivity contribution >= 4 is 34.4 Å². The maximum Gasteiger partial charge on any atom is 0.224 e. The summed E-state index contributed by atoms with van der Waals surface area (Å²) in [5, 5.41) is 5.50. The molecule has 2 aliphatic rings. The second kappa shape index (κ2) is 7.78. The van der Waals surface area contributed by atoms with Crippen LogP contribution in [-0.4, -0.2) is 11.7 Å². The molecule has 6 heteroatoms. The predicted molar refractivity (Wildman–Crippen MR) is 121 cm³/mol. The molecule has 1 aliphatic heterocycles. The molecule has 2 atom stereocenters. The van der Waals surface area contributed by atoms with E-state index in [0.29, 0.717) is 29.7 Å². The minimum Gasteiger partial charge on any atom is -0.357 e. The second-order valence-corrected chi connectivity index (χ2v) is 8.90. The number of hydrogen-bond donors (Lipinski definition) is 1. The van der Waals surface area contributed by atoms with Gasteiger partial charge in [0.15, 0.2) is 5.78 Å². The predicted octanol–water partition coefficient (Wildman–Crippen LogP) is 5.81. The Morgan fingerprint density at radius 1 is 1.06 bits per heavy atom. The summed E-state index contributed by atoms with van der Waals surface area (Å²) in [4.78, 5) is 29.3. The fourth-order valence-electron chi connectivity index (χ4n) is 4.62. The summed E-state index contributed by atoms with van der Waals surface area (Å²) in [6.07, 6.45) is 1.07. The lowest BCUT2D eigenvalue weighted by Crippen LogP contribution is -2.37. The minimum atomic E-state index is -0.610. The molecule has 2 aromatic carbocycles. The van der Waals surface area contributed by atoms with Gasteiger partial charge in [-0.1, -0.05) is 30.3 Å². The maximum atomic E-state index is 13.7. The molecule has 0 spiro atoms. The van der Waals surface area contributed by atoms with Crippen molar-refractivity contribution < 1.29 is 14.0 Å². The van der Waals surface area contributed by atoms with Crippen LogP contribution in [0.25, 0.3) is 0 Å². The summed E-state index contributed by atoms with van der Waals surface area (Å²) in [5.74, 6) is -0.415. The summed E-state index contributed by atoms with van der Waals surface area (Å²) in [7, 11) is 0. The first-order chi connectivity index (χ1) is 15.0. The topological polar surface area (TPSA) is 49.4 Å². The molecule has 0 radical (unpaired) electrons. The Hall–Kier alpha value is -3.25. The lowest BCUT2D eigenvalue weighted by Gasteiger charge is -2.34. The number of thiophene rings is 1. The van der Waals surface area contributed by atoms with Gasteiger partial charge in [-0.25, -0.2) is 4.39 Å². The van der Waals surface area contributed by atoms with E-state index < -0.39 is 6.04 Å². The number of benzene rings is 2. The molecule has 2 unspecified atom stereocenters. The first-order valence-electron chi connectivity index (χ1n) is 10.2. The molecule has 1 aliphatic carbocycles. The van der Waals surface area contributed by atoms with Crippen LogP contribution in [0.15, 0.2) is 77.3 Å². The lowest BCUT2D eigenvalue weighted by atomic mass is 9.80. The standard InChI is InChI=1S/C25H21FN2O2S/c1-15(29)28-21-6-3-2-5-19(21)27-20-13-17(23-7-4-12-31-23)14-22(30)24(20)25(28)16-8-10-18(26)11-9-16/h2-12,17,25,27H,13-14H2,1H3. The fraction of sp³-hybridized carbons (Fsp3) is 0.200. The molecular weight excluding hydrogens is 411 g/mol. The number of amides is 1. The lowest BCUT2D eigenvalue weighted by molar-refractivity contribution is -0.117. The van der Waals surface area contributed by atoms with Crippen molar-refractivity contribution in [3.05, 3.63) is 93.6 Å². The van der Waals surface area contributed by atoms with Gasteiger partial charge in [-0.15, -0.1) is 11.3 Å². The van der Waals surface area contributed by atoms with Gasteiger partial charge >= 0.3 is 0 Å². The summed E-state index contributed by atoms with van der Waals surface area (Å²) >= 11 is 1.66.